The fourth-order valence-corrected chi connectivity index (χ4v) is 1.44. The Morgan fingerprint density at radius 1 is 1.11 bits per heavy atom. The standard InChI is InChI=1S/C8H4F4O5S/c1-15-8(13)2-3(9)5(11)7(18-17-16-14)6(12)4(2)10/h14H,1H3. The van der Waals surface area contributed by atoms with Gasteiger partial charge in [-0.3, -0.25) is 0 Å². The van der Waals surface area contributed by atoms with E-state index in [1.165, 1.54) is 0 Å². The Hall–Kier alpha value is -1.36. The normalized spacial score (nSPS) is 10.6. The molecule has 1 rings (SSSR count). The van der Waals surface area contributed by atoms with Crippen LogP contribution in [0.2, 0.25) is 0 Å². The van der Waals surface area contributed by atoms with Crippen molar-refractivity contribution in [3.63, 3.8) is 0 Å². The minimum absolute atomic E-state index is 0.324. The zero-order valence-corrected chi connectivity index (χ0v) is 9.32. The molecule has 0 saturated carbocycles. The van der Waals surface area contributed by atoms with Crippen LogP contribution < -0.4 is 0 Å². The second-order valence-electron chi connectivity index (χ2n) is 2.68. The van der Waals surface area contributed by atoms with Gasteiger partial charge in [-0.2, -0.15) is 0 Å². The van der Waals surface area contributed by atoms with E-state index in [1.807, 2.05) is 0 Å². The van der Waals surface area contributed by atoms with Gasteiger partial charge in [0.2, 0.25) is 0 Å². The highest BCUT2D eigenvalue weighted by molar-refractivity contribution is 7.94. The SMILES string of the molecule is COC(=O)c1c(F)c(F)c(SOOO)c(F)c1F. The number of carbonyl (C=O) groups excluding carboxylic acids is 1. The first-order chi connectivity index (χ1) is 8.45. The van der Waals surface area contributed by atoms with Crippen molar-refractivity contribution in [1.82, 2.24) is 0 Å². The Bertz CT molecular complexity index is 452. The number of ether oxygens (including phenoxy) is 1. The quantitative estimate of drug-likeness (QED) is 0.229. The van der Waals surface area contributed by atoms with Crippen LogP contribution in [0.25, 0.3) is 0 Å². The molecule has 0 radical (unpaired) electrons. The van der Waals surface area contributed by atoms with E-state index in [0.717, 1.165) is 7.11 Å². The van der Waals surface area contributed by atoms with Gasteiger partial charge >= 0.3 is 5.97 Å². The van der Waals surface area contributed by atoms with Crippen LogP contribution >= 0.6 is 12.0 Å². The Morgan fingerprint density at radius 3 is 2.00 bits per heavy atom. The van der Waals surface area contributed by atoms with Crippen molar-refractivity contribution >= 4 is 18.0 Å². The average molecular weight is 288 g/mol. The van der Waals surface area contributed by atoms with E-state index < -0.39 is 39.7 Å². The van der Waals surface area contributed by atoms with E-state index in [1.54, 1.807) is 0 Å². The molecule has 0 amide bonds. The molecule has 0 heterocycles. The first kappa shape index (κ1) is 14.7. The molecule has 0 aromatic heterocycles. The molecular formula is C8H4F4O5S. The predicted molar refractivity (Wildman–Crippen MR) is 48.3 cm³/mol. The topological polar surface area (TPSA) is 65.0 Å². The van der Waals surface area contributed by atoms with Crippen LogP contribution in [0, 0.1) is 23.3 Å². The van der Waals surface area contributed by atoms with Crippen LogP contribution in [-0.4, -0.2) is 18.3 Å². The third kappa shape index (κ3) is 2.56. The molecule has 0 aliphatic heterocycles. The molecule has 18 heavy (non-hydrogen) atoms. The third-order valence-corrected chi connectivity index (χ3v) is 2.41. The largest absolute Gasteiger partial charge is 0.465 e. The molecule has 0 spiro atoms. The van der Waals surface area contributed by atoms with Crippen LogP contribution in [0.15, 0.2) is 4.90 Å². The molecule has 1 aromatic carbocycles. The van der Waals surface area contributed by atoms with Crippen LogP contribution in [-0.2, 0) is 14.1 Å². The van der Waals surface area contributed by atoms with E-state index in [9.17, 15) is 22.4 Å². The fourth-order valence-electron chi connectivity index (χ4n) is 1.02. The van der Waals surface area contributed by atoms with Crippen LogP contribution in [0.4, 0.5) is 17.6 Å². The molecule has 100 valence electrons. The number of rotatable bonds is 4. The highest BCUT2D eigenvalue weighted by Gasteiger charge is 2.30. The summed E-state index contributed by atoms with van der Waals surface area (Å²) in [6.07, 6.45) is 0. The van der Waals surface area contributed by atoms with Gasteiger partial charge < -0.3 is 4.74 Å². The molecule has 0 saturated heterocycles. The molecule has 1 N–H and O–H groups in total. The Labute approximate surface area is 101 Å². The Kier molecular flexibility index (Phi) is 4.90. The van der Waals surface area contributed by atoms with Crippen LogP contribution in [0.3, 0.4) is 0 Å². The van der Waals surface area contributed by atoms with Gasteiger partial charge in [-0.25, -0.2) is 27.6 Å². The average Bonchev–Trinajstić information content (AvgIpc) is 2.36. The van der Waals surface area contributed by atoms with Crippen molar-refractivity contribution in [2.75, 3.05) is 7.11 Å². The summed E-state index contributed by atoms with van der Waals surface area (Å²) in [5.74, 6) is -9.28. The van der Waals surface area contributed by atoms with Gasteiger partial charge in [0.05, 0.1) is 19.2 Å². The van der Waals surface area contributed by atoms with Gasteiger partial charge in [0.15, 0.2) is 23.3 Å². The molecule has 0 unspecified atom stereocenters. The molecule has 10 heteroatoms. The molecule has 0 atom stereocenters. The summed E-state index contributed by atoms with van der Waals surface area (Å²) in [4.78, 5) is 9.68. The number of esters is 1. The second-order valence-corrected chi connectivity index (χ2v) is 3.39. The summed E-state index contributed by atoms with van der Waals surface area (Å²) in [6.45, 7) is 0. The zero-order chi connectivity index (χ0) is 13.9. The summed E-state index contributed by atoms with van der Waals surface area (Å²) in [5, 5.41) is 10.8. The van der Waals surface area contributed by atoms with Crippen molar-refractivity contribution in [2.24, 2.45) is 0 Å². The first-order valence-corrected chi connectivity index (χ1v) is 4.78. The molecular weight excluding hydrogens is 284 g/mol. The van der Waals surface area contributed by atoms with E-state index in [2.05, 4.69) is 14.1 Å². The maximum absolute atomic E-state index is 13.3. The molecule has 0 fully saturated rings. The molecule has 5 nitrogen and oxygen atoms in total. The Balaban J connectivity index is 3.40. The van der Waals surface area contributed by atoms with Crippen molar-refractivity contribution in [3.05, 3.63) is 28.8 Å². The number of methoxy groups -OCH3 is 1. The van der Waals surface area contributed by atoms with Gasteiger partial charge in [-0.05, 0) is 0 Å². The summed E-state index contributed by atoms with van der Waals surface area (Å²) in [6, 6.07) is 0. The minimum Gasteiger partial charge on any atom is -0.465 e. The van der Waals surface area contributed by atoms with Crippen LogP contribution in [0.5, 0.6) is 0 Å². The van der Waals surface area contributed by atoms with E-state index in [0.29, 0.717) is 0 Å². The molecule has 0 aliphatic carbocycles. The molecule has 1 aromatic rings. The van der Waals surface area contributed by atoms with Gasteiger partial charge in [0.25, 0.3) is 0 Å². The predicted octanol–water partition coefficient (Wildman–Crippen LogP) is 2.46. The number of hydrogen-bond acceptors (Lipinski definition) is 6. The monoisotopic (exact) mass is 288 g/mol. The van der Waals surface area contributed by atoms with Gasteiger partial charge in [0.1, 0.15) is 10.5 Å². The number of carbonyl (C=O) groups is 1. The van der Waals surface area contributed by atoms with Crippen molar-refractivity contribution in [3.8, 4) is 0 Å². The molecule has 0 bridgehead atoms. The van der Waals surface area contributed by atoms with E-state index in [4.69, 9.17) is 5.26 Å². The third-order valence-electron chi connectivity index (χ3n) is 1.76. The fraction of sp³-hybridized carbons (Fsp3) is 0.125. The van der Waals surface area contributed by atoms with Gasteiger partial charge in [-0.15, -0.1) is 4.33 Å². The summed E-state index contributed by atoms with van der Waals surface area (Å²) in [7, 11) is 0.780. The zero-order valence-electron chi connectivity index (χ0n) is 8.50. The minimum atomic E-state index is -1.95. The summed E-state index contributed by atoms with van der Waals surface area (Å²) >= 11 is -0.324. The maximum Gasteiger partial charge on any atom is 0.344 e. The van der Waals surface area contributed by atoms with Crippen LogP contribution in [0.1, 0.15) is 10.4 Å². The number of hydrogen-bond donors (Lipinski definition) is 1. The first-order valence-electron chi connectivity index (χ1n) is 4.04. The summed E-state index contributed by atoms with van der Waals surface area (Å²) < 4.78 is 60.9. The lowest BCUT2D eigenvalue weighted by molar-refractivity contribution is -0.432. The Morgan fingerprint density at radius 2 is 1.61 bits per heavy atom. The lowest BCUT2D eigenvalue weighted by atomic mass is 10.2. The van der Waals surface area contributed by atoms with E-state index >= 15 is 0 Å². The van der Waals surface area contributed by atoms with Gasteiger partial charge in [-0.1, -0.05) is 5.04 Å². The van der Waals surface area contributed by atoms with Crippen molar-refractivity contribution in [1.29, 1.82) is 0 Å². The van der Waals surface area contributed by atoms with Crippen molar-refractivity contribution in [2.45, 2.75) is 4.90 Å². The maximum atomic E-state index is 13.3. The molecule has 0 aliphatic rings. The highest BCUT2D eigenvalue weighted by Crippen LogP contribution is 2.32. The lowest BCUT2D eigenvalue weighted by Gasteiger charge is -2.08. The highest BCUT2D eigenvalue weighted by atomic mass is 32.2. The summed E-state index contributed by atoms with van der Waals surface area (Å²) in [5.41, 5.74) is -1.51. The lowest BCUT2D eigenvalue weighted by Crippen LogP contribution is -2.13. The van der Waals surface area contributed by atoms with E-state index in [-0.39, 0.29) is 12.0 Å². The van der Waals surface area contributed by atoms with Crippen molar-refractivity contribution < 1.29 is 41.7 Å². The smallest absolute Gasteiger partial charge is 0.344 e. The number of benzene rings is 1. The van der Waals surface area contributed by atoms with Gasteiger partial charge in [0, 0.05) is 0 Å². The second kappa shape index (κ2) is 6.00. The number of halogens is 4.